The minimum absolute atomic E-state index is 0.0152. The molecule has 0 aromatic carbocycles. The number of hydrogen-bond donors (Lipinski definition) is 0. The lowest BCUT2D eigenvalue weighted by molar-refractivity contribution is -0.141. The second-order valence-corrected chi connectivity index (χ2v) is 9.95. The van der Waals surface area contributed by atoms with Crippen LogP contribution in [0.15, 0.2) is 50.8 Å². The van der Waals surface area contributed by atoms with Gasteiger partial charge in [0.15, 0.2) is 0 Å². The zero-order chi connectivity index (χ0) is 33.8. The van der Waals surface area contributed by atoms with E-state index >= 15 is 0 Å². The number of aromatic nitrogens is 3. The predicted molar refractivity (Wildman–Crippen MR) is 163 cm³/mol. The van der Waals surface area contributed by atoms with E-state index in [-0.39, 0.29) is 115 Å². The molecule has 15 heteroatoms. The summed E-state index contributed by atoms with van der Waals surface area (Å²) < 4.78 is 34.0. The Kier molecular flexibility index (Phi) is 18.7. The highest BCUT2D eigenvalue weighted by Crippen LogP contribution is 1.96. The van der Waals surface area contributed by atoms with E-state index in [0.717, 1.165) is 13.7 Å². The van der Waals surface area contributed by atoms with Crippen LogP contribution in [0.5, 0.6) is 0 Å². The lowest BCUT2D eigenvalue weighted by atomic mass is 10.4. The van der Waals surface area contributed by atoms with Crippen LogP contribution in [-0.2, 0) is 62.4 Å². The molecular weight excluding hydrogens is 594 g/mol. The van der Waals surface area contributed by atoms with Crippen molar-refractivity contribution in [1.82, 2.24) is 13.7 Å². The first-order chi connectivity index (χ1) is 21.4. The van der Waals surface area contributed by atoms with Gasteiger partial charge in [-0.25, -0.2) is 42.5 Å². The number of nitrogens with zero attached hydrogens (tertiary/aromatic N) is 3. The normalized spacial score (nSPS) is 10.7. The van der Waals surface area contributed by atoms with Crippen LogP contribution in [0, 0.1) is 0 Å². The van der Waals surface area contributed by atoms with Crippen molar-refractivity contribution in [3.05, 3.63) is 67.9 Å². The standard InChI is InChI=1S/C30H45N3O12/c1-22(2)25(34)43-19-16-40-13-7-10-31-28(37)32(11-8-14-41-17-20-44-26(35)23(3)4)30(39)33(29(31)38)12-9-15-42-18-21-45-27(36)24(5)6/h1,3,5,7-21H2,2,4,6H3. The van der Waals surface area contributed by atoms with Crippen molar-refractivity contribution in [2.24, 2.45) is 0 Å². The first-order valence-corrected chi connectivity index (χ1v) is 14.5. The summed E-state index contributed by atoms with van der Waals surface area (Å²) in [5, 5.41) is 0. The Morgan fingerprint density at radius 1 is 0.467 bits per heavy atom. The third-order valence-electron chi connectivity index (χ3n) is 5.82. The van der Waals surface area contributed by atoms with Crippen molar-refractivity contribution in [2.45, 2.75) is 59.7 Å². The number of hydrogen-bond acceptors (Lipinski definition) is 12. The van der Waals surface area contributed by atoms with E-state index < -0.39 is 35.0 Å². The summed E-state index contributed by atoms with van der Waals surface area (Å²) in [4.78, 5) is 73.7. The molecular formula is C30H45N3O12. The zero-order valence-corrected chi connectivity index (χ0v) is 26.5. The number of esters is 3. The van der Waals surface area contributed by atoms with E-state index in [1.54, 1.807) is 0 Å². The van der Waals surface area contributed by atoms with Crippen molar-refractivity contribution < 1.29 is 42.8 Å². The third kappa shape index (κ3) is 15.0. The lowest BCUT2D eigenvalue weighted by Gasteiger charge is -2.14. The number of ether oxygens (including phenoxy) is 6. The monoisotopic (exact) mass is 639 g/mol. The maximum atomic E-state index is 13.2. The van der Waals surface area contributed by atoms with Gasteiger partial charge in [0, 0.05) is 56.2 Å². The van der Waals surface area contributed by atoms with Crippen LogP contribution in [0.1, 0.15) is 40.0 Å². The minimum Gasteiger partial charge on any atom is -0.460 e. The topological polar surface area (TPSA) is 173 Å². The van der Waals surface area contributed by atoms with Gasteiger partial charge in [-0.3, -0.25) is 0 Å². The van der Waals surface area contributed by atoms with Gasteiger partial charge in [0.1, 0.15) is 19.8 Å². The molecule has 45 heavy (non-hydrogen) atoms. The van der Waals surface area contributed by atoms with Gasteiger partial charge in [-0.2, -0.15) is 0 Å². The van der Waals surface area contributed by atoms with Crippen LogP contribution in [0.3, 0.4) is 0 Å². The van der Waals surface area contributed by atoms with Gasteiger partial charge >= 0.3 is 35.0 Å². The maximum absolute atomic E-state index is 13.2. The van der Waals surface area contributed by atoms with E-state index in [1.807, 2.05) is 0 Å². The zero-order valence-electron chi connectivity index (χ0n) is 26.5. The molecule has 15 nitrogen and oxygen atoms in total. The molecule has 0 atom stereocenters. The summed E-state index contributed by atoms with van der Waals surface area (Å²) in [6.45, 7) is 16.0. The van der Waals surface area contributed by atoms with Gasteiger partial charge in [0.05, 0.1) is 19.8 Å². The largest absolute Gasteiger partial charge is 0.460 e. The number of carbonyl (C=O) groups excluding carboxylic acids is 3. The van der Waals surface area contributed by atoms with Crippen LogP contribution < -0.4 is 17.1 Å². The Bertz CT molecular complexity index is 1160. The molecule has 0 bridgehead atoms. The second-order valence-electron chi connectivity index (χ2n) is 9.95. The van der Waals surface area contributed by atoms with Gasteiger partial charge in [-0.1, -0.05) is 19.7 Å². The molecule has 0 aliphatic heterocycles. The smallest absolute Gasteiger partial charge is 0.336 e. The van der Waals surface area contributed by atoms with E-state index in [4.69, 9.17) is 28.4 Å². The Morgan fingerprint density at radius 3 is 0.933 bits per heavy atom. The van der Waals surface area contributed by atoms with E-state index in [9.17, 15) is 28.8 Å². The Labute approximate surface area is 261 Å². The van der Waals surface area contributed by atoms with Crippen molar-refractivity contribution in [3.63, 3.8) is 0 Å². The summed E-state index contributed by atoms with van der Waals surface area (Å²) in [5.74, 6) is -1.58. The van der Waals surface area contributed by atoms with Gasteiger partial charge < -0.3 is 28.4 Å². The average Bonchev–Trinajstić information content (AvgIpc) is 2.99. The summed E-state index contributed by atoms with van der Waals surface area (Å²) in [5.41, 5.74) is -1.47. The SMILES string of the molecule is C=C(C)C(=O)OCCOCCCn1c(=O)n(CCCOCCOC(=O)C(=C)C)c(=O)n(CCCOCCOC(=O)C(=C)C)c1=O. The summed E-state index contributed by atoms with van der Waals surface area (Å²) in [7, 11) is 0. The molecule has 0 saturated carbocycles. The molecule has 0 N–H and O–H groups in total. The lowest BCUT2D eigenvalue weighted by Crippen LogP contribution is -2.54. The molecule has 1 aromatic heterocycles. The van der Waals surface area contributed by atoms with Crippen molar-refractivity contribution in [1.29, 1.82) is 0 Å². The van der Waals surface area contributed by atoms with Gasteiger partial charge in [0.2, 0.25) is 0 Å². The highest BCUT2D eigenvalue weighted by molar-refractivity contribution is 5.87. The predicted octanol–water partition coefficient (Wildman–Crippen LogP) is 0.750. The van der Waals surface area contributed by atoms with Gasteiger partial charge in [-0.05, 0) is 40.0 Å². The third-order valence-corrected chi connectivity index (χ3v) is 5.82. The quantitative estimate of drug-likeness (QED) is 0.0674. The minimum atomic E-state index is -0.761. The highest BCUT2D eigenvalue weighted by atomic mass is 16.6. The van der Waals surface area contributed by atoms with Crippen LogP contribution in [-0.4, -0.2) is 91.1 Å². The van der Waals surface area contributed by atoms with E-state index in [0.29, 0.717) is 0 Å². The number of rotatable bonds is 24. The highest BCUT2D eigenvalue weighted by Gasteiger charge is 2.15. The van der Waals surface area contributed by atoms with E-state index in [2.05, 4.69) is 19.7 Å². The molecule has 252 valence electrons. The van der Waals surface area contributed by atoms with Crippen molar-refractivity contribution in [3.8, 4) is 0 Å². The molecule has 0 spiro atoms. The van der Waals surface area contributed by atoms with Crippen LogP contribution >= 0.6 is 0 Å². The fourth-order valence-electron chi connectivity index (χ4n) is 3.49. The molecule has 0 aliphatic rings. The first kappa shape index (κ1) is 38.9. The first-order valence-electron chi connectivity index (χ1n) is 14.5. The molecule has 1 heterocycles. The summed E-state index contributed by atoms with van der Waals surface area (Å²) in [6.07, 6.45) is 0.833. The fourth-order valence-corrected chi connectivity index (χ4v) is 3.49. The van der Waals surface area contributed by atoms with Crippen LogP contribution in [0.4, 0.5) is 0 Å². The molecule has 1 rings (SSSR count). The van der Waals surface area contributed by atoms with Crippen LogP contribution in [0.2, 0.25) is 0 Å². The van der Waals surface area contributed by atoms with Crippen LogP contribution in [0.25, 0.3) is 0 Å². The fraction of sp³-hybridized carbons (Fsp3) is 0.600. The Morgan fingerprint density at radius 2 is 0.711 bits per heavy atom. The van der Waals surface area contributed by atoms with Gasteiger partial charge in [0.25, 0.3) is 0 Å². The Hall–Kier alpha value is -4.08. The molecule has 0 fully saturated rings. The molecule has 0 saturated heterocycles. The summed E-state index contributed by atoms with van der Waals surface area (Å²) >= 11 is 0. The molecule has 0 unspecified atom stereocenters. The van der Waals surface area contributed by atoms with Gasteiger partial charge in [-0.15, -0.1) is 0 Å². The van der Waals surface area contributed by atoms with Crippen molar-refractivity contribution >= 4 is 17.9 Å². The molecule has 1 aromatic rings. The Balaban J connectivity index is 2.80. The molecule has 0 amide bonds. The molecule has 0 radical (unpaired) electrons. The van der Waals surface area contributed by atoms with Crippen molar-refractivity contribution in [2.75, 3.05) is 59.5 Å². The second kappa shape index (κ2) is 21.6. The summed E-state index contributed by atoms with van der Waals surface area (Å²) in [6, 6.07) is 0. The average molecular weight is 640 g/mol. The number of carbonyl (C=O) groups is 3. The van der Waals surface area contributed by atoms with E-state index in [1.165, 1.54) is 20.8 Å². The maximum Gasteiger partial charge on any atom is 0.336 e. The molecule has 0 aliphatic carbocycles.